The topological polar surface area (TPSA) is 103 Å². The molecule has 0 bridgehead atoms. The number of furan rings is 1. The maximum Gasteiger partial charge on any atom is 0.348 e. The summed E-state index contributed by atoms with van der Waals surface area (Å²) in [4.78, 5) is 44.0. The smallest absolute Gasteiger partial charge is 0.348 e. The normalized spacial score (nSPS) is 11.1. The summed E-state index contributed by atoms with van der Waals surface area (Å²) in [5.41, 5.74) is 2.36. The number of hydrogen-bond acceptors (Lipinski definition) is 8. The van der Waals surface area contributed by atoms with Crippen LogP contribution in [-0.4, -0.2) is 33.8 Å². The van der Waals surface area contributed by atoms with Crippen LogP contribution >= 0.6 is 23.1 Å². The molecule has 1 amide bonds. The monoisotopic (exact) mass is 511 g/mol. The number of carbonyl (C=O) groups is 2. The zero-order valence-electron chi connectivity index (χ0n) is 19.6. The Morgan fingerprint density at radius 2 is 1.97 bits per heavy atom. The molecule has 1 aromatic carbocycles. The van der Waals surface area contributed by atoms with Gasteiger partial charge in [-0.1, -0.05) is 41.6 Å². The Balaban J connectivity index is 1.67. The van der Waals surface area contributed by atoms with Crippen molar-refractivity contribution in [3.63, 3.8) is 0 Å². The van der Waals surface area contributed by atoms with Gasteiger partial charge in [0.1, 0.15) is 15.5 Å². The molecule has 0 atom stereocenters. The number of nitrogens with one attached hydrogen (secondary N) is 1. The van der Waals surface area contributed by atoms with Gasteiger partial charge in [0.25, 0.3) is 5.56 Å². The van der Waals surface area contributed by atoms with E-state index < -0.39 is 5.97 Å². The molecule has 1 N–H and O–H groups in total. The van der Waals surface area contributed by atoms with Gasteiger partial charge in [-0.2, -0.15) is 0 Å². The molecular formula is C25H25N3O5S2. The first-order valence-electron chi connectivity index (χ1n) is 11.1. The minimum Gasteiger partial charge on any atom is -0.467 e. The Kier molecular flexibility index (Phi) is 7.72. The third-order valence-corrected chi connectivity index (χ3v) is 7.45. The van der Waals surface area contributed by atoms with Crippen LogP contribution in [0.1, 0.15) is 39.0 Å². The minimum atomic E-state index is -0.469. The van der Waals surface area contributed by atoms with E-state index in [1.54, 1.807) is 36.8 Å². The highest BCUT2D eigenvalue weighted by Crippen LogP contribution is 2.30. The second kappa shape index (κ2) is 10.9. The highest BCUT2D eigenvalue weighted by molar-refractivity contribution is 7.99. The van der Waals surface area contributed by atoms with Gasteiger partial charge in [-0.15, -0.1) is 11.3 Å². The van der Waals surface area contributed by atoms with Gasteiger partial charge >= 0.3 is 5.97 Å². The fourth-order valence-electron chi connectivity index (χ4n) is 3.49. The summed E-state index contributed by atoms with van der Waals surface area (Å²) in [5.74, 6) is 0.0442. The Morgan fingerprint density at radius 1 is 1.20 bits per heavy atom. The number of hydrogen-bond donors (Lipinski definition) is 1. The third-order valence-electron chi connectivity index (χ3n) is 5.31. The van der Waals surface area contributed by atoms with Crippen molar-refractivity contribution in [3.8, 4) is 0 Å². The molecule has 0 aliphatic rings. The van der Waals surface area contributed by atoms with Crippen LogP contribution in [0.3, 0.4) is 0 Å². The van der Waals surface area contributed by atoms with E-state index in [-0.39, 0.29) is 30.4 Å². The van der Waals surface area contributed by atoms with Gasteiger partial charge in [-0.25, -0.2) is 9.78 Å². The molecule has 10 heteroatoms. The molecule has 0 saturated carbocycles. The van der Waals surface area contributed by atoms with Crippen molar-refractivity contribution in [2.45, 2.75) is 39.0 Å². The Labute approximate surface area is 210 Å². The summed E-state index contributed by atoms with van der Waals surface area (Å²) in [6.07, 6.45) is 1.55. The number of benzene rings is 1. The number of fused-ring (bicyclic) bond motifs is 1. The second-order valence-electron chi connectivity index (χ2n) is 7.87. The first-order valence-corrected chi connectivity index (χ1v) is 12.9. The van der Waals surface area contributed by atoms with E-state index in [1.807, 2.05) is 31.2 Å². The van der Waals surface area contributed by atoms with Crippen molar-refractivity contribution in [3.05, 3.63) is 80.3 Å². The highest BCUT2D eigenvalue weighted by Gasteiger charge is 2.23. The average Bonchev–Trinajstić information content (AvgIpc) is 3.47. The van der Waals surface area contributed by atoms with Crippen LogP contribution in [0.5, 0.6) is 0 Å². The largest absolute Gasteiger partial charge is 0.467 e. The van der Waals surface area contributed by atoms with Gasteiger partial charge in [-0.05, 0) is 44.0 Å². The SMILES string of the molecule is CCOC(=O)c1sc2nc(SCC(=O)NCc3ccco3)n(Cc3ccc(C)cc3)c(=O)c2c1C. The first kappa shape index (κ1) is 24.7. The van der Waals surface area contributed by atoms with Crippen molar-refractivity contribution in [2.75, 3.05) is 12.4 Å². The average molecular weight is 512 g/mol. The van der Waals surface area contributed by atoms with E-state index in [0.717, 1.165) is 22.5 Å². The summed E-state index contributed by atoms with van der Waals surface area (Å²) in [7, 11) is 0. The lowest BCUT2D eigenvalue weighted by atomic mass is 10.1. The van der Waals surface area contributed by atoms with E-state index in [0.29, 0.717) is 38.1 Å². The van der Waals surface area contributed by atoms with Crippen molar-refractivity contribution in [1.82, 2.24) is 14.9 Å². The molecule has 0 saturated heterocycles. The lowest BCUT2D eigenvalue weighted by molar-refractivity contribution is -0.118. The Morgan fingerprint density at radius 3 is 2.66 bits per heavy atom. The molecule has 0 unspecified atom stereocenters. The van der Waals surface area contributed by atoms with Crippen LogP contribution in [0.15, 0.2) is 57.0 Å². The predicted octanol–water partition coefficient (Wildman–Crippen LogP) is 4.30. The maximum atomic E-state index is 13.6. The van der Waals surface area contributed by atoms with Crippen LogP contribution in [0.2, 0.25) is 0 Å². The summed E-state index contributed by atoms with van der Waals surface area (Å²) >= 11 is 2.31. The van der Waals surface area contributed by atoms with E-state index in [1.165, 1.54) is 11.8 Å². The zero-order valence-corrected chi connectivity index (χ0v) is 21.3. The van der Waals surface area contributed by atoms with Crippen LogP contribution in [-0.2, 0) is 22.6 Å². The van der Waals surface area contributed by atoms with Gasteiger partial charge in [0.2, 0.25) is 5.91 Å². The molecule has 35 heavy (non-hydrogen) atoms. The third kappa shape index (κ3) is 5.66. The molecule has 0 aliphatic carbocycles. The molecule has 3 heterocycles. The van der Waals surface area contributed by atoms with Gasteiger partial charge in [-0.3, -0.25) is 14.2 Å². The maximum absolute atomic E-state index is 13.6. The number of aryl methyl sites for hydroxylation is 2. The Hall–Kier alpha value is -3.37. The molecule has 8 nitrogen and oxygen atoms in total. The number of ether oxygens (including phenoxy) is 1. The predicted molar refractivity (Wildman–Crippen MR) is 136 cm³/mol. The quantitative estimate of drug-likeness (QED) is 0.203. The van der Waals surface area contributed by atoms with Crippen molar-refractivity contribution in [1.29, 1.82) is 0 Å². The molecule has 4 aromatic rings. The second-order valence-corrected chi connectivity index (χ2v) is 9.81. The summed E-state index contributed by atoms with van der Waals surface area (Å²) in [5, 5.41) is 3.61. The molecule has 182 valence electrons. The van der Waals surface area contributed by atoms with E-state index in [9.17, 15) is 14.4 Å². The first-order chi connectivity index (χ1) is 16.9. The molecule has 0 fully saturated rings. The van der Waals surface area contributed by atoms with Gasteiger partial charge in [0.15, 0.2) is 5.16 Å². The fourth-order valence-corrected chi connectivity index (χ4v) is 5.44. The molecule has 3 aromatic heterocycles. The molecule has 0 spiro atoms. The zero-order chi connectivity index (χ0) is 24.9. The summed E-state index contributed by atoms with van der Waals surface area (Å²) < 4.78 is 12.0. The standard InChI is InChI=1S/C25H25N3O5S2/c1-4-32-24(31)21-16(3)20-22(35-21)27-25(34-14-19(29)26-12-18-6-5-11-33-18)28(23(20)30)13-17-9-7-15(2)8-10-17/h5-11H,4,12-14H2,1-3H3,(H,26,29). The van der Waals surface area contributed by atoms with Crippen LogP contribution in [0.25, 0.3) is 10.2 Å². The number of nitrogens with zero attached hydrogens (tertiary/aromatic N) is 2. The summed E-state index contributed by atoms with van der Waals surface area (Å²) in [6, 6.07) is 11.4. The van der Waals surface area contributed by atoms with Crippen LogP contribution in [0, 0.1) is 13.8 Å². The van der Waals surface area contributed by atoms with Gasteiger partial charge < -0.3 is 14.5 Å². The van der Waals surface area contributed by atoms with Gasteiger partial charge in [0.05, 0.1) is 37.1 Å². The number of rotatable bonds is 9. The lowest BCUT2D eigenvalue weighted by Gasteiger charge is -2.12. The number of carbonyl (C=O) groups excluding carboxylic acids is 2. The molecule has 0 radical (unpaired) electrons. The van der Waals surface area contributed by atoms with Crippen molar-refractivity contribution < 1.29 is 18.7 Å². The van der Waals surface area contributed by atoms with Crippen LogP contribution < -0.4 is 10.9 Å². The fraction of sp³-hybridized carbons (Fsp3) is 0.280. The molecule has 0 aliphatic heterocycles. The Bertz CT molecular complexity index is 1410. The van der Waals surface area contributed by atoms with Crippen molar-refractivity contribution >= 4 is 45.2 Å². The van der Waals surface area contributed by atoms with E-state index in [2.05, 4.69) is 5.32 Å². The van der Waals surface area contributed by atoms with E-state index >= 15 is 0 Å². The number of amides is 1. The number of aromatic nitrogens is 2. The minimum absolute atomic E-state index is 0.0711. The van der Waals surface area contributed by atoms with Crippen molar-refractivity contribution in [2.24, 2.45) is 0 Å². The number of thioether (sulfide) groups is 1. The number of esters is 1. The van der Waals surface area contributed by atoms with Gasteiger partial charge in [0, 0.05) is 0 Å². The highest BCUT2D eigenvalue weighted by atomic mass is 32.2. The van der Waals surface area contributed by atoms with E-state index in [4.69, 9.17) is 14.1 Å². The number of thiophene rings is 1. The molecular weight excluding hydrogens is 486 g/mol. The molecule has 4 rings (SSSR count). The summed E-state index contributed by atoms with van der Waals surface area (Å²) in [6.45, 7) is 6.28. The van der Waals surface area contributed by atoms with Crippen LogP contribution in [0.4, 0.5) is 0 Å². The lowest BCUT2D eigenvalue weighted by Crippen LogP contribution is -2.27.